The van der Waals surface area contributed by atoms with Crippen LogP contribution in [0.3, 0.4) is 0 Å². The van der Waals surface area contributed by atoms with Crippen molar-refractivity contribution in [3.8, 4) is 0 Å². The second-order valence-corrected chi connectivity index (χ2v) is 7.42. The predicted molar refractivity (Wildman–Crippen MR) is 97.2 cm³/mol. The third kappa shape index (κ3) is 6.02. The Balaban J connectivity index is 1.32. The Kier molecular flexibility index (Phi) is 7.86. The molecule has 146 valence electrons. The van der Waals surface area contributed by atoms with Gasteiger partial charge in [0.15, 0.2) is 12.6 Å². The van der Waals surface area contributed by atoms with E-state index in [1.54, 1.807) is 0 Å². The maximum Gasteiger partial charge on any atom is 0.164 e. The Bertz CT molecular complexity index is 505. The number of aryl methyl sites for hydroxylation is 1. The molecule has 2 aliphatic rings. The average Bonchev–Trinajstić information content (AvgIpc) is 2.69. The minimum Gasteiger partial charge on any atom is -0.352 e. The Morgan fingerprint density at radius 3 is 2.23 bits per heavy atom. The van der Waals surface area contributed by atoms with E-state index in [-0.39, 0.29) is 24.3 Å². The highest BCUT2D eigenvalue weighted by Crippen LogP contribution is 2.25. The first-order valence-corrected chi connectivity index (χ1v) is 9.95. The van der Waals surface area contributed by atoms with Crippen LogP contribution >= 0.6 is 0 Å². The van der Waals surface area contributed by atoms with Gasteiger partial charge in [-0.3, -0.25) is 0 Å². The summed E-state index contributed by atoms with van der Waals surface area (Å²) < 4.78 is 36.4. The van der Waals surface area contributed by atoms with Gasteiger partial charge in [-0.15, -0.1) is 0 Å². The summed E-state index contributed by atoms with van der Waals surface area (Å²) in [6, 6.07) is 6.59. The van der Waals surface area contributed by atoms with E-state index in [0.717, 1.165) is 31.6 Å². The van der Waals surface area contributed by atoms with Gasteiger partial charge in [0.25, 0.3) is 0 Å². The first kappa shape index (κ1) is 19.7. The Morgan fingerprint density at radius 1 is 0.885 bits per heavy atom. The lowest BCUT2D eigenvalue weighted by molar-refractivity contribution is -0.281. The number of hydrogen-bond donors (Lipinski definition) is 0. The summed E-state index contributed by atoms with van der Waals surface area (Å²) in [4.78, 5) is 0. The van der Waals surface area contributed by atoms with E-state index < -0.39 is 0 Å². The molecule has 3 rings (SSSR count). The van der Waals surface area contributed by atoms with Crippen LogP contribution in [-0.2, 0) is 25.4 Å². The summed E-state index contributed by atoms with van der Waals surface area (Å²) in [5.41, 5.74) is 1.09. The molecule has 1 aromatic carbocycles. The summed E-state index contributed by atoms with van der Waals surface area (Å²) in [7, 11) is 0. The summed E-state index contributed by atoms with van der Waals surface area (Å²) in [6.45, 7) is 4.97. The summed E-state index contributed by atoms with van der Waals surface area (Å²) in [5.74, 6) is 0.446. The second-order valence-electron chi connectivity index (χ2n) is 7.42. The molecule has 0 unspecified atom stereocenters. The fourth-order valence-electron chi connectivity index (χ4n) is 3.50. The molecule has 0 N–H and O–H groups in total. The van der Waals surface area contributed by atoms with E-state index in [9.17, 15) is 4.39 Å². The third-order valence-electron chi connectivity index (χ3n) is 5.17. The molecule has 0 spiro atoms. The molecule has 0 saturated carbocycles. The highest BCUT2D eigenvalue weighted by Gasteiger charge is 2.33. The molecule has 0 atom stereocenters. The molecule has 26 heavy (non-hydrogen) atoms. The highest BCUT2D eigenvalue weighted by atomic mass is 19.1. The summed E-state index contributed by atoms with van der Waals surface area (Å²) in [5, 5.41) is 0. The number of benzene rings is 1. The fourth-order valence-corrected chi connectivity index (χ4v) is 3.50. The molecule has 1 aromatic rings. The monoisotopic (exact) mass is 366 g/mol. The van der Waals surface area contributed by atoms with Gasteiger partial charge in [0.05, 0.1) is 32.3 Å². The van der Waals surface area contributed by atoms with Crippen LogP contribution < -0.4 is 0 Å². The SMILES string of the molecule is CCCCCC1COC(C2COC(CCc3ccc(F)cc3)OC2)OC1. The number of hydrogen-bond acceptors (Lipinski definition) is 4. The van der Waals surface area contributed by atoms with Crippen molar-refractivity contribution in [1.29, 1.82) is 0 Å². The van der Waals surface area contributed by atoms with Crippen LogP contribution in [0.2, 0.25) is 0 Å². The van der Waals surface area contributed by atoms with Crippen LogP contribution in [0.4, 0.5) is 4.39 Å². The average molecular weight is 366 g/mol. The fraction of sp³-hybridized carbons (Fsp3) is 0.714. The molecule has 0 aromatic heterocycles. The summed E-state index contributed by atoms with van der Waals surface area (Å²) in [6.07, 6.45) is 6.13. The van der Waals surface area contributed by atoms with Crippen molar-refractivity contribution in [3.05, 3.63) is 35.6 Å². The van der Waals surface area contributed by atoms with Gasteiger partial charge in [-0.05, 0) is 30.5 Å². The maximum absolute atomic E-state index is 12.9. The van der Waals surface area contributed by atoms with Crippen molar-refractivity contribution >= 4 is 0 Å². The molecule has 2 fully saturated rings. The quantitative estimate of drug-likeness (QED) is 0.642. The normalized spacial score (nSPS) is 29.6. The molecule has 0 aliphatic carbocycles. The molecule has 2 saturated heterocycles. The van der Waals surface area contributed by atoms with Crippen molar-refractivity contribution in [1.82, 2.24) is 0 Å². The zero-order valence-electron chi connectivity index (χ0n) is 15.7. The number of halogens is 1. The summed E-state index contributed by atoms with van der Waals surface area (Å²) >= 11 is 0. The van der Waals surface area contributed by atoms with Crippen molar-refractivity contribution in [2.75, 3.05) is 26.4 Å². The van der Waals surface area contributed by atoms with Crippen molar-refractivity contribution in [3.63, 3.8) is 0 Å². The van der Waals surface area contributed by atoms with Gasteiger partial charge in [0, 0.05) is 12.3 Å². The largest absolute Gasteiger partial charge is 0.352 e. The number of unbranched alkanes of at least 4 members (excludes halogenated alkanes) is 2. The lowest BCUT2D eigenvalue weighted by Gasteiger charge is -2.37. The van der Waals surface area contributed by atoms with Crippen molar-refractivity contribution in [2.24, 2.45) is 11.8 Å². The first-order valence-electron chi connectivity index (χ1n) is 9.95. The lowest BCUT2D eigenvalue weighted by Crippen LogP contribution is -2.44. The Morgan fingerprint density at radius 2 is 1.58 bits per heavy atom. The third-order valence-corrected chi connectivity index (χ3v) is 5.17. The molecule has 0 amide bonds. The van der Waals surface area contributed by atoms with Gasteiger partial charge < -0.3 is 18.9 Å². The van der Waals surface area contributed by atoms with E-state index in [1.165, 1.54) is 37.8 Å². The van der Waals surface area contributed by atoms with Crippen LogP contribution in [0.5, 0.6) is 0 Å². The van der Waals surface area contributed by atoms with Gasteiger partial charge in [0.1, 0.15) is 5.82 Å². The first-order chi connectivity index (χ1) is 12.7. The van der Waals surface area contributed by atoms with Gasteiger partial charge in [-0.2, -0.15) is 0 Å². The van der Waals surface area contributed by atoms with Gasteiger partial charge in [0.2, 0.25) is 0 Å². The van der Waals surface area contributed by atoms with Crippen LogP contribution in [0.25, 0.3) is 0 Å². The molecule has 2 heterocycles. The molecule has 0 bridgehead atoms. The zero-order chi connectivity index (χ0) is 18.2. The lowest BCUT2D eigenvalue weighted by atomic mass is 10.0. The van der Waals surface area contributed by atoms with E-state index in [4.69, 9.17) is 18.9 Å². The predicted octanol–water partition coefficient (Wildman–Crippen LogP) is 4.32. The number of rotatable bonds is 8. The van der Waals surface area contributed by atoms with Crippen LogP contribution in [0, 0.1) is 17.7 Å². The Labute approximate surface area is 156 Å². The van der Waals surface area contributed by atoms with Crippen LogP contribution in [0.15, 0.2) is 24.3 Å². The minimum absolute atomic E-state index is 0.133. The van der Waals surface area contributed by atoms with Gasteiger partial charge >= 0.3 is 0 Å². The molecular weight excluding hydrogens is 335 g/mol. The van der Waals surface area contributed by atoms with E-state index in [1.807, 2.05) is 12.1 Å². The van der Waals surface area contributed by atoms with Crippen LogP contribution in [0.1, 0.15) is 44.6 Å². The van der Waals surface area contributed by atoms with E-state index in [2.05, 4.69) is 6.92 Å². The van der Waals surface area contributed by atoms with Crippen molar-refractivity contribution in [2.45, 2.75) is 58.0 Å². The van der Waals surface area contributed by atoms with Gasteiger partial charge in [-0.25, -0.2) is 4.39 Å². The maximum atomic E-state index is 12.9. The van der Waals surface area contributed by atoms with E-state index >= 15 is 0 Å². The van der Waals surface area contributed by atoms with Gasteiger partial charge in [-0.1, -0.05) is 38.3 Å². The second kappa shape index (κ2) is 10.4. The Hall–Kier alpha value is -1.01. The van der Waals surface area contributed by atoms with E-state index in [0.29, 0.717) is 19.1 Å². The van der Waals surface area contributed by atoms with Crippen molar-refractivity contribution < 1.29 is 23.3 Å². The molecule has 0 radical (unpaired) electrons. The topological polar surface area (TPSA) is 36.9 Å². The smallest absolute Gasteiger partial charge is 0.164 e. The molecular formula is C21H31FO4. The van der Waals surface area contributed by atoms with Crippen LogP contribution in [-0.4, -0.2) is 39.0 Å². The molecule has 2 aliphatic heterocycles. The zero-order valence-corrected chi connectivity index (χ0v) is 15.7. The standard InChI is InChI=1S/C21H31FO4/c1-2-3-4-5-17-12-25-21(26-13-17)18-14-23-20(24-15-18)11-8-16-6-9-19(22)10-7-16/h6-7,9-10,17-18,20-21H,2-5,8,11-15H2,1H3. The number of ether oxygens (including phenoxy) is 4. The highest BCUT2D eigenvalue weighted by molar-refractivity contribution is 5.16. The molecule has 4 nitrogen and oxygen atoms in total. The minimum atomic E-state index is -0.213. The molecule has 5 heteroatoms.